The zero-order valence-corrected chi connectivity index (χ0v) is 15.0. The van der Waals surface area contributed by atoms with Gasteiger partial charge in [0.25, 0.3) is 15.9 Å². The first-order chi connectivity index (χ1) is 11.7. The highest BCUT2D eigenvalue weighted by molar-refractivity contribution is 7.85. The quantitative estimate of drug-likeness (QED) is 0.632. The van der Waals surface area contributed by atoms with Gasteiger partial charge in [-0.15, -0.1) is 5.10 Å². The van der Waals surface area contributed by atoms with Crippen LogP contribution in [-0.2, 0) is 16.3 Å². The third kappa shape index (κ3) is 3.80. The highest BCUT2D eigenvalue weighted by Gasteiger charge is 2.38. The maximum atomic E-state index is 14.5. The first kappa shape index (κ1) is 20.1. The molecule has 0 spiro atoms. The average molecular weight is 396 g/mol. The van der Waals surface area contributed by atoms with Crippen LogP contribution in [0.25, 0.3) is 5.69 Å². The molecule has 0 amide bonds. The second kappa shape index (κ2) is 6.50. The third-order valence-electron chi connectivity index (χ3n) is 3.45. The molecule has 1 N–H and O–H groups in total. The molecule has 0 bridgehead atoms. The van der Waals surface area contributed by atoms with E-state index in [1.807, 2.05) is 0 Å². The fourth-order valence-electron chi connectivity index (χ4n) is 2.27. The van der Waals surface area contributed by atoms with Gasteiger partial charge in [-0.05, 0) is 23.6 Å². The van der Waals surface area contributed by atoms with Gasteiger partial charge in [0.1, 0.15) is 11.5 Å². The number of halogens is 4. The first-order valence-corrected chi connectivity index (χ1v) is 8.70. The second-order valence-electron chi connectivity index (χ2n) is 6.01. The van der Waals surface area contributed by atoms with Gasteiger partial charge in [-0.25, -0.2) is 4.39 Å². The lowest BCUT2D eigenvalue weighted by molar-refractivity contribution is -0.144. The molecular weight excluding hydrogens is 380 g/mol. The van der Waals surface area contributed by atoms with Gasteiger partial charge < -0.3 is 4.90 Å². The molecule has 0 unspecified atom stereocenters. The monoisotopic (exact) mass is 396 g/mol. The zero-order valence-electron chi connectivity index (χ0n) is 14.2. The van der Waals surface area contributed by atoms with Crippen LogP contribution in [0, 0.1) is 5.82 Å². The van der Waals surface area contributed by atoms with Crippen molar-refractivity contribution >= 4 is 16.1 Å². The molecule has 2 aromatic rings. The van der Waals surface area contributed by atoms with Crippen LogP contribution in [0.1, 0.15) is 31.2 Å². The molecular formula is C14H16F4N4O3S. The van der Waals surface area contributed by atoms with E-state index in [0.29, 0.717) is 4.68 Å². The molecule has 12 heteroatoms. The summed E-state index contributed by atoms with van der Waals surface area (Å²) >= 11 is 0. The minimum atomic E-state index is -4.88. The van der Waals surface area contributed by atoms with Crippen molar-refractivity contribution in [2.24, 2.45) is 0 Å². The van der Waals surface area contributed by atoms with E-state index in [-0.39, 0.29) is 11.5 Å². The Morgan fingerprint density at radius 1 is 1.23 bits per heavy atom. The van der Waals surface area contributed by atoms with E-state index in [1.165, 1.54) is 14.1 Å². The Morgan fingerprint density at radius 3 is 2.23 bits per heavy atom. The zero-order chi connectivity index (χ0) is 20.0. The van der Waals surface area contributed by atoms with E-state index in [1.54, 1.807) is 13.8 Å². The Kier molecular flexibility index (Phi) is 5.03. The van der Waals surface area contributed by atoms with Crippen molar-refractivity contribution in [2.45, 2.75) is 30.8 Å². The second-order valence-corrected chi connectivity index (χ2v) is 7.40. The van der Waals surface area contributed by atoms with E-state index in [4.69, 9.17) is 0 Å². The lowest BCUT2D eigenvalue weighted by atomic mass is 10.0. The van der Waals surface area contributed by atoms with Crippen molar-refractivity contribution in [1.82, 2.24) is 14.8 Å². The Bertz CT molecular complexity index is 936. The first-order valence-electron chi connectivity index (χ1n) is 7.26. The summed E-state index contributed by atoms with van der Waals surface area (Å²) in [5.74, 6) is -3.36. The standard InChI is InChI=1S/C14H16F4N4O3S/c1-7(2)8-5-9(15)10(6-11(8)26(23,24)25)22-13(21(3)4)19-12(20-22)14(16,17)18/h5-7H,1-4H3,(H,23,24,25). The summed E-state index contributed by atoms with van der Waals surface area (Å²) in [5, 5.41) is 3.25. The van der Waals surface area contributed by atoms with Crippen LogP contribution in [0.5, 0.6) is 0 Å². The van der Waals surface area contributed by atoms with Gasteiger partial charge in [0.05, 0.1) is 4.90 Å². The fourth-order valence-corrected chi connectivity index (χ4v) is 3.12. The van der Waals surface area contributed by atoms with Crippen LogP contribution >= 0.6 is 0 Å². The van der Waals surface area contributed by atoms with Gasteiger partial charge in [-0.3, -0.25) is 4.55 Å². The van der Waals surface area contributed by atoms with Crippen LogP contribution in [0.3, 0.4) is 0 Å². The summed E-state index contributed by atoms with van der Waals surface area (Å²) in [6.45, 7) is 3.15. The van der Waals surface area contributed by atoms with Gasteiger partial charge in [0, 0.05) is 14.1 Å². The van der Waals surface area contributed by atoms with Crippen molar-refractivity contribution in [3.8, 4) is 5.69 Å². The number of hydrogen-bond acceptors (Lipinski definition) is 5. The van der Waals surface area contributed by atoms with Crippen LogP contribution < -0.4 is 4.90 Å². The maximum Gasteiger partial charge on any atom is 0.453 e. The highest BCUT2D eigenvalue weighted by atomic mass is 32.2. The molecule has 7 nitrogen and oxygen atoms in total. The smallest absolute Gasteiger partial charge is 0.347 e. The summed E-state index contributed by atoms with van der Waals surface area (Å²) in [4.78, 5) is 3.87. The van der Waals surface area contributed by atoms with E-state index in [0.717, 1.165) is 17.0 Å². The van der Waals surface area contributed by atoms with Crippen molar-refractivity contribution in [3.63, 3.8) is 0 Å². The SMILES string of the molecule is CC(C)c1cc(F)c(-n2nc(C(F)(F)F)nc2N(C)C)cc1S(=O)(=O)O. The molecule has 0 fully saturated rings. The number of benzene rings is 1. The van der Waals surface area contributed by atoms with Crippen LogP contribution in [0.15, 0.2) is 17.0 Å². The molecule has 144 valence electrons. The molecule has 2 rings (SSSR count). The summed E-state index contributed by atoms with van der Waals surface area (Å²) < 4.78 is 86.5. The minimum absolute atomic E-state index is 0.0173. The molecule has 1 heterocycles. The van der Waals surface area contributed by atoms with Crippen LogP contribution in [-0.4, -0.2) is 41.8 Å². The summed E-state index contributed by atoms with van der Waals surface area (Å²) in [7, 11) is -2.01. The van der Waals surface area contributed by atoms with E-state index in [2.05, 4.69) is 10.1 Å². The Balaban J connectivity index is 2.83. The van der Waals surface area contributed by atoms with Crippen molar-refractivity contribution < 1.29 is 30.5 Å². The summed E-state index contributed by atoms with van der Waals surface area (Å²) in [6, 6.07) is 1.58. The largest absolute Gasteiger partial charge is 0.453 e. The highest BCUT2D eigenvalue weighted by Crippen LogP contribution is 2.32. The predicted octanol–water partition coefficient (Wildman–Crippen LogP) is 2.86. The van der Waals surface area contributed by atoms with Crippen LogP contribution in [0.2, 0.25) is 0 Å². The predicted molar refractivity (Wildman–Crippen MR) is 84.5 cm³/mol. The molecule has 0 aliphatic carbocycles. The lowest BCUT2D eigenvalue weighted by Gasteiger charge is -2.16. The van der Waals surface area contributed by atoms with Gasteiger partial charge in [0.15, 0.2) is 0 Å². The Labute approximate surface area is 147 Å². The molecule has 26 heavy (non-hydrogen) atoms. The van der Waals surface area contributed by atoms with E-state index < -0.39 is 44.4 Å². The summed E-state index contributed by atoms with van der Waals surface area (Å²) in [6.07, 6.45) is -4.88. The molecule has 0 atom stereocenters. The maximum absolute atomic E-state index is 14.5. The molecule has 1 aromatic heterocycles. The number of rotatable bonds is 4. The van der Waals surface area contributed by atoms with E-state index >= 15 is 0 Å². The van der Waals surface area contributed by atoms with Crippen molar-refractivity contribution in [2.75, 3.05) is 19.0 Å². The van der Waals surface area contributed by atoms with E-state index in [9.17, 15) is 30.5 Å². The Hall–Kier alpha value is -2.21. The molecule has 0 saturated heterocycles. The van der Waals surface area contributed by atoms with Crippen LogP contribution in [0.4, 0.5) is 23.5 Å². The third-order valence-corrected chi connectivity index (χ3v) is 4.36. The molecule has 0 radical (unpaired) electrons. The number of nitrogens with zero attached hydrogens (tertiary/aromatic N) is 4. The number of anilines is 1. The van der Waals surface area contributed by atoms with Gasteiger partial charge in [-0.2, -0.15) is 31.3 Å². The molecule has 0 aliphatic heterocycles. The average Bonchev–Trinajstić information content (AvgIpc) is 2.90. The Morgan fingerprint density at radius 2 is 1.81 bits per heavy atom. The summed E-state index contributed by atoms with van der Waals surface area (Å²) in [5.41, 5.74) is -0.606. The van der Waals surface area contributed by atoms with Gasteiger partial charge in [-0.1, -0.05) is 13.8 Å². The molecule has 1 aromatic carbocycles. The van der Waals surface area contributed by atoms with Gasteiger partial charge >= 0.3 is 6.18 Å². The number of hydrogen-bond donors (Lipinski definition) is 1. The minimum Gasteiger partial charge on any atom is -0.347 e. The van der Waals surface area contributed by atoms with Gasteiger partial charge in [0.2, 0.25) is 5.95 Å². The fraction of sp³-hybridized carbons (Fsp3) is 0.429. The lowest BCUT2D eigenvalue weighted by Crippen LogP contribution is -2.17. The molecule has 0 aliphatic rings. The molecule has 0 saturated carbocycles. The number of aromatic nitrogens is 3. The van der Waals surface area contributed by atoms with Crippen molar-refractivity contribution in [3.05, 3.63) is 29.3 Å². The normalized spacial score (nSPS) is 12.7. The number of alkyl halides is 3. The van der Waals surface area contributed by atoms with Crippen molar-refractivity contribution in [1.29, 1.82) is 0 Å². The topological polar surface area (TPSA) is 88.3 Å².